The molecule has 0 bridgehead atoms. The first kappa shape index (κ1) is 21.7. The zero-order valence-corrected chi connectivity index (χ0v) is 19.0. The Hall–Kier alpha value is -2.53. The van der Waals surface area contributed by atoms with E-state index < -0.39 is 6.04 Å². The predicted octanol–water partition coefficient (Wildman–Crippen LogP) is 3.99. The molecule has 0 N–H and O–H groups in total. The summed E-state index contributed by atoms with van der Waals surface area (Å²) in [4.78, 5) is 32.5. The maximum absolute atomic E-state index is 13.6. The van der Waals surface area contributed by atoms with Crippen molar-refractivity contribution >= 4 is 29.1 Å². The van der Waals surface area contributed by atoms with Crippen molar-refractivity contribution in [1.82, 2.24) is 9.80 Å². The topological polar surface area (TPSA) is 43.9 Å². The Kier molecular flexibility index (Phi) is 6.51. The molecular weight excluding hydrogens is 410 g/mol. The number of nitrogens with zero attached hydrogens (tertiary/aromatic N) is 3. The van der Waals surface area contributed by atoms with Crippen molar-refractivity contribution in [2.75, 3.05) is 31.1 Å². The van der Waals surface area contributed by atoms with Gasteiger partial charge in [0.15, 0.2) is 0 Å². The van der Waals surface area contributed by atoms with Gasteiger partial charge in [0, 0.05) is 45.6 Å². The standard InChI is InChI=1S/C25H30ClN3O2/c1-18(2)15-24(30)29-17-20-8-4-3-7-19(20)16-23(29)25(31)28-13-11-27(12-14-28)22-10-6-5-9-21(22)26/h3-10,18,23H,11-17H2,1-2H3. The summed E-state index contributed by atoms with van der Waals surface area (Å²) in [5.74, 6) is 0.391. The highest BCUT2D eigenvalue weighted by Crippen LogP contribution is 2.28. The summed E-state index contributed by atoms with van der Waals surface area (Å²) in [7, 11) is 0. The van der Waals surface area contributed by atoms with Crippen molar-refractivity contribution in [2.45, 2.75) is 39.3 Å². The van der Waals surface area contributed by atoms with Crippen LogP contribution in [0.2, 0.25) is 5.02 Å². The number of halogens is 1. The summed E-state index contributed by atoms with van der Waals surface area (Å²) in [5, 5.41) is 0.733. The fraction of sp³-hybridized carbons (Fsp3) is 0.440. The van der Waals surface area contributed by atoms with E-state index in [1.165, 1.54) is 5.56 Å². The Labute approximate surface area is 189 Å². The van der Waals surface area contributed by atoms with Crippen LogP contribution in [0.5, 0.6) is 0 Å². The van der Waals surface area contributed by atoms with Crippen LogP contribution in [-0.4, -0.2) is 53.8 Å². The van der Waals surface area contributed by atoms with Crippen molar-refractivity contribution in [2.24, 2.45) is 5.92 Å². The molecule has 31 heavy (non-hydrogen) atoms. The number of hydrogen-bond donors (Lipinski definition) is 0. The molecular formula is C25H30ClN3O2. The van der Waals surface area contributed by atoms with Gasteiger partial charge in [-0.3, -0.25) is 9.59 Å². The predicted molar refractivity (Wildman–Crippen MR) is 124 cm³/mol. The number of piperazine rings is 1. The smallest absolute Gasteiger partial charge is 0.245 e. The largest absolute Gasteiger partial charge is 0.367 e. The second-order valence-electron chi connectivity index (χ2n) is 8.87. The van der Waals surface area contributed by atoms with Crippen LogP contribution in [0.3, 0.4) is 0 Å². The molecule has 0 spiro atoms. The normalized spacial score (nSPS) is 18.8. The Morgan fingerprint density at radius 1 is 0.968 bits per heavy atom. The molecule has 1 fully saturated rings. The third-order valence-electron chi connectivity index (χ3n) is 6.22. The van der Waals surface area contributed by atoms with Gasteiger partial charge in [-0.25, -0.2) is 0 Å². The minimum absolute atomic E-state index is 0.0606. The second kappa shape index (κ2) is 9.31. The number of hydrogen-bond acceptors (Lipinski definition) is 3. The first-order valence-electron chi connectivity index (χ1n) is 11.1. The van der Waals surface area contributed by atoms with Crippen molar-refractivity contribution in [3.8, 4) is 0 Å². The van der Waals surface area contributed by atoms with Gasteiger partial charge in [-0.1, -0.05) is 61.8 Å². The lowest BCUT2D eigenvalue weighted by Gasteiger charge is -2.42. The Bertz CT molecular complexity index is 953. The third kappa shape index (κ3) is 4.72. The van der Waals surface area contributed by atoms with E-state index in [0.29, 0.717) is 32.5 Å². The molecule has 1 unspecified atom stereocenters. The highest BCUT2D eigenvalue weighted by atomic mass is 35.5. The lowest BCUT2D eigenvalue weighted by Crippen LogP contribution is -2.57. The summed E-state index contributed by atoms with van der Waals surface area (Å²) in [6.07, 6.45) is 1.05. The van der Waals surface area contributed by atoms with E-state index in [4.69, 9.17) is 11.6 Å². The molecule has 164 valence electrons. The van der Waals surface area contributed by atoms with Gasteiger partial charge in [-0.2, -0.15) is 0 Å². The summed E-state index contributed by atoms with van der Waals surface area (Å²) < 4.78 is 0. The quantitative estimate of drug-likeness (QED) is 0.723. The summed E-state index contributed by atoms with van der Waals surface area (Å²) >= 11 is 6.36. The van der Waals surface area contributed by atoms with Gasteiger partial charge >= 0.3 is 0 Å². The molecule has 2 amide bonds. The third-order valence-corrected chi connectivity index (χ3v) is 6.54. The number of benzene rings is 2. The molecule has 4 rings (SSSR count). The average Bonchev–Trinajstić information content (AvgIpc) is 2.78. The first-order valence-corrected chi connectivity index (χ1v) is 11.5. The van der Waals surface area contributed by atoms with Crippen LogP contribution in [0.15, 0.2) is 48.5 Å². The van der Waals surface area contributed by atoms with E-state index in [-0.39, 0.29) is 17.7 Å². The molecule has 0 aliphatic carbocycles. The Morgan fingerprint density at radius 2 is 1.61 bits per heavy atom. The van der Waals surface area contributed by atoms with Crippen LogP contribution >= 0.6 is 11.6 Å². The van der Waals surface area contributed by atoms with Crippen molar-refractivity contribution in [3.63, 3.8) is 0 Å². The molecule has 5 nitrogen and oxygen atoms in total. The van der Waals surface area contributed by atoms with Gasteiger partial charge in [-0.05, 0) is 29.2 Å². The van der Waals surface area contributed by atoms with Crippen molar-refractivity contribution < 1.29 is 9.59 Å². The van der Waals surface area contributed by atoms with Gasteiger partial charge in [0.25, 0.3) is 0 Å². The van der Waals surface area contributed by atoms with Crippen molar-refractivity contribution in [1.29, 1.82) is 0 Å². The molecule has 1 saturated heterocycles. The molecule has 0 aromatic heterocycles. The van der Waals surface area contributed by atoms with Crippen LogP contribution in [0.25, 0.3) is 0 Å². The van der Waals surface area contributed by atoms with E-state index >= 15 is 0 Å². The molecule has 2 aliphatic rings. The lowest BCUT2D eigenvalue weighted by atomic mass is 9.92. The van der Waals surface area contributed by atoms with E-state index in [9.17, 15) is 9.59 Å². The summed E-state index contributed by atoms with van der Waals surface area (Å²) in [6.45, 7) is 7.33. The Morgan fingerprint density at radius 3 is 2.29 bits per heavy atom. The van der Waals surface area contributed by atoms with E-state index in [0.717, 1.165) is 29.4 Å². The number of carbonyl (C=O) groups excluding carboxylic acids is 2. The zero-order valence-electron chi connectivity index (χ0n) is 18.3. The number of fused-ring (bicyclic) bond motifs is 1. The molecule has 2 heterocycles. The van der Waals surface area contributed by atoms with Crippen LogP contribution in [-0.2, 0) is 22.6 Å². The fourth-order valence-corrected chi connectivity index (χ4v) is 4.81. The number of rotatable bonds is 4. The molecule has 1 atom stereocenters. The van der Waals surface area contributed by atoms with Gasteiger partial charge < -0.3 is 14.7 Å². The molecule has 2 aromatic rings. The van der Waals surface area contributed by atoms with Crippen molar-refractivity contribution in [3.05, 3.63) is 64.7 Å². The molecule has 2 aliphatic heterocycles. The monoisotopic (exact) mass is 439 g/mol. The molecule has 0 radical (unpaired) electrons. The minimum atomic E-state index is -0.423. The Balaban J connectivity index is 1.49. The highest BCUT2D eigenvalue weighted by molar-refractivity contribution is 6.33. The molecule has 2 aromatic carbocycles. The maximum Gasteiger partial charge on any atom is 0.245 e. The van der Waals surface area contributed by atoms with Gasteiger partial charge in [0.1, 0.15) is 6.04 Å². The van der Waals surface area contributed by atoms with Gasteiger partial charge in [0.2, 0.25) is 11.8 Å². The van der Waals surface area contributed by atoms with Crippen LogP contribution in [0.4, 0.5) is 5.69 Å². The van der Waals surface area contributed by atoms with Gasteiger partial charge in [0.05, 0.1) is 10.7 Å². The summed E-state index contributed by atoms with van der Waals surface area (Å²) in [5.41, 5.74) is 3.33. The molecule has 0 saturated carbocycles. The minimum Gasteiger partial charge on any atom is -0.367 e. The number of amides is 2. The van der Waals surface area contributed by atoms with E-state index in [1.54, 1.807) is 0 Å². The lowest BCUT2D eigenvalue weighted by molar-refractivity contribution is -0.147. The average molecular weight is 440 g/mol. The fourth-order valence-electron chi connectivity index (χ4n) is 4.56. The van der Waals surface area contributed by atoms with Crippen LogP contribution < -0.4 is 4.90 Å². The number of para-hydroxylation sites is 1. The number of carbonyl (C=O) groups is 2. The van der Waals surface area contributed by atoms with Crippen LogP contribution in [0, 0.1) is 5.92 Å². The number of anilines is 1. The van der Waals surface area contributed by atoms with E-state index in [1.807, 2.05) is 60.0 Å². The van der Waals surface area contributed by atoms with Gasteiger partial charge in [-0.15, -0.1) is 0 Å². The zero-order chi connectivity index (χ0) is 22.0. The summed E-state index contributed by atoms with van der Waals surface area (Å²) in [6, 6.07) is 15.5. The van der Waals surface area contributed by atoms with Crippen LogP contribution in [0.1, 0.15) is 31.4 Å². The maximum atomic E-state index is 13.6. The van der Waals surface area contributed by atoms with E-state index in [2.05, 4.69) is 17.0 Å². The SMILES string of the molecule is CC(C)CC(=O)N1Cc2ccccc2CC1C(=O)N1CCN(c2ccccc2Cl)CC1. The first-order chi connectivity index (χ1) is 14.9. The highest BCUT2D eigenvalue weighted by Gasteiger charge is 2.37. The molecule has 6 heteroatoms. The second-order valence-corrected chi connectivity index (χ2v) is 9.28.